The van der Waals surface area contributed by atoms with Gasteiger partial charge in [-0.15, -0.1) is 0 Å². The molecule has 78 heavy (non-hydrogen) atoms. The molecule has 0 unspecified atom stereocenters. The van der Waals surface area contributed by atoms with E-state index in [1.54, 1.807) is 0 Å². The molecular weight excluding hydrogens is 951 g/mol. The summed E-state index contributed by atoms with van der Waals surface area (Å²) >= 11 is 0. The number of nitrogens with zero attached hydrogens (tertiary/aromatic N) is 5. The summed E-state index contributed by atoms with van der Waals surface area (Å²) in [5, 5.41) is 0. The van der Waals surface area contributed by atoms with Crippen molar-refractivity contribution in [2.75, 3.05) is 24.5 Å². The van der Waals surface area contributed by atoms with Gasteiger partial charge in [0.15, 0.2) is 0 Å². The lowest BCUT2D eigenvalue weighted by molar-refractivity contribution is 0.483. The molecule has 0 atom stereocenters. The van der Waals surface area contributed by atoms with Crippen molar-refractivity contribution >= 4 is 85.3 Å². The number of rotatable bonds is 17. The molecule has 0 fully saturated rings. The van der Waals surface area contributed by atoms with E-state index in [2.05, 4.69) is 358 Å². The second-order valence-electron chi connectivity index (χ2n) is 18.7. The summed E-state index contributed by atoms with van der Waals surface area (Å²) < 4.78 is 7.06. The van der Waals surface area contributed by atoms with Gasteiger partial charge in [-0.05, 0) is 158 Å². The highest BCUT2D eigenvalue weighted by atomic mass is 16.5. The minimum atomic E-state index is 0.685. The van der Waals surface area contributed by atoms with E-state index in [1.165, 1.54) is 0 Å². The van der Waals surface area contributed by atoms with Gasteiger partial charge in [-0.3, -0.25) is 0 Å². The van der Waals surface area contributed by atoms with E-state index in [9.17, 15) is 0 Å². The highest BCUT2D eigenvalue weighted by Gasteiger charge is 2.24. The van der Waals surface area contributed by atoms with Gasteiger partial charge in [0, 0.05) is 69.0 Å². The van der Waals surface area contributed by atoms with Crippen LogP contribution in [0.3, 0.4) is 0 Å². The van der Waals surface area contributed by atoms with Gasteiger partial charge in [-0.25, -0.2) is 0 Å². The first kappa shape index (κ1) is 48.4. The fourth-order valence-electron chi connectivity index (χ4n) is 10.1. The molecule has 0 bridgehead atoms. The molecule has 6 heteroatoms. The molecule has 0 aliphatic carbocycles. The molecule has 0 amide bonds. The van der Waals surface area contributed by atoms with Crippen LogP contribution in [0.2, 0.25) is 0 Å². The molecule has 12 aromatic carbocycles. The summed E-state index contributed by atoms with van der Waals surface area (Å²) in [5.41, 5.74) is 15.1. The summed E-state index contributed by atoms with van der Waals surface area (Å²) in [5.74, 6) is 1.38. The van der Waals surface area contributed by atoms with E-state index in [0.29, 0.717) is 11.5 Å². The molecule has 0 radical (unpaired) electrons. The van der Waals surface area contributed by atoms with Crippen molar-refractivity contribution in [1.29, 1.82) is 0 Å². The summed E-state index contributed by atoms with van der Waals surface area (Å²) in [6, 6.07) is 117. The molecule has 0 saturated heterocycles. The maximum absolute atomic E-state index is 7.06. The summed E-state index contributed by atoms with van der Waals surface area (Å²) in [6.45, 7) is 0. The largest absolute Gasteiger partial charge is 0.457 e. The van der Waals surface area contributed by atoms with Gasteiger partial charge >= 0.3 is 0 Å². The third kappa shape index (κ3) is 10.7. The standard InChI is InChI=1S/C72H55N5O/c1-10-28-56(29-11-1)73(57-30-12-2-13-31-57)66-50-67(74(58-32-14-3-15-33-58)59-34-16-4-17-35-59)52-68(51-66)77(64-44-26-9-27-45-64)65-46-48-71(49-47-65)78-72-54-69(75(60-36-18-5-19-37-60)61-38-20-6-21-39-61)53-70(55-72)76(62-40-22-7-23-41-62)63-42-24-8-25-43-63/h1-55H. The summed E-state index contributed by atoms with van der Waals surface area (Å²) in [7, 11) is 0. The second kappa shape index (κ2) is 22.9. The minimum Gasteiger partial charge on any atom is -0.457 e. The molecule has 6 nitrogen and oxygen atoms in total. The van der Waals surface area contributed by atoms with E-state index in [1.807, 2.05) is 0 Å². The Morgan fingerprint density at radius 3 is 0.500 bits per heavy atom. The van der Waals surface area contributed by atoms with Crippen LogP contribution in [0.15, 0.2) is 334 Å². The van der Waals surface area contributed by atoms with Crippen molar-refractivity contribution in [3.8, 4) is 11.5 Å². The molecule has 0 saturated carbocycles. The van der Waals surface area contributed by atoms with E-state index < -0.39 is 0 Å². The topological polar surface area (TPSA) is 25.4 Å². The zero-order valence-corrected chi connectivity index (χ0v) is 42.9. The molecule has 0 heterocycles. The lowest BCUT2D eigenvalue weighted by atomic mass is 10.1. The Kier molecular flexibility index (Phi) is 14.2. The molecular formula is C72H55N5O. The van der Waals surface area contributed by atoms with Gasteiger partial charge in [0.2, 0.25) is 0 Å². The molecule has 0 aromatic heterocycles. The quantitative estimate of drug-likeness (QED) is 0.0902. The van der Waals surface area contributed by atoms with Gasteiger partial charge in [-0.1, -0.05) is 164 Å². The first-order valence-corrected chi connectivity index (χ1v) is 26.2. The van der Waals surface area contributed by atoms with Crippen LogP contribution >= 0.6 is 0 Å². The van der Waals surface area contributed by atoms with Gasteiger partial charge in [0.1, 0.15) is 11.5 Å². The van der Waals surface area contributed by atoms with Crippen LogP contribution in [0.25, 0.3) is 0 Å². The molecule has 0 N–H and O–H groups in total. The lowest BCUT2D eigenvalue weighted by Gasteiger charge is -2.33. The fraction of sp³-hybridized carbons (Fsp3) is 0. The molecule has 12 aromatic rings. The molecule has 0 spiro atoms. The maximum atomic E-state index is 7.06. The average molecular weight is 1010 g/mol. The van der Waals surface area contributed by atoms with Crippen LogP contribution in [-0.2, 0) is 0 Å². The van der Waals surface area contributed by atoms with Gasteiger partial charge in [-0.2, -0.15) is 0 Å². The molecule has 0 aliphatic rings. The average Bonchev–Trinajstić information content (AvgIpc) is 3.51. The Labute approximate surface area is 457 Å². The van der Waals surface area contributed by atoms with E-state index in [4.69, 9.17) is 4.74 Å². The van der Waals surface area contributed by atoms with E-state index in [0.717, 1.165) is 85.3 Å². The lowest BCUT2D eigenvalue weighted by Crippen LogP contribution is -2.16. The van der Waals surface area contributed by atoms with Crippen molar-refractivity contribution in [3.05, 3.63) is 334 Å². The number of hydrogen-bond acceptors (Lipinski definition) is 6. The van der Waals surface area contributed by atoms with Crippen molar-refractivity contribution < 1.29 is 4.74 Å². The Morgan fingerprint density at radius 2 is 0.308 bits per heavy atom. The number of benzene rings is 12. The Balaban J connectivity index is 1.00. The number of ether oxygens (including phenoxy) is 1. The van der Waals surface area contributed by atoms with Crippen LogP contribution in [0.4, 0.5) is 85.3 Å². The smallest absolute Gasteiger partial charge is 0.131 e. The van der Waals surface area contributed by atoms with Gasteiger partial charge < -0.3 is 29.2 Å². The monoisotopic (exact) mass is 1010 g/mol. The normalized spacial score (nSPS) is 10.8. The predicted molar refractivity (Wildman–Crippen MR) is 326 cm³/mol. The summed E-state index contributed by atoms with van der Waals surface area (Å²) in [4.78, 5) is 11.5. The van der Waals surface area contributed by atoms with Crippen LogP contribution in [0.1, 0.15) is 0 Å². The van der Waals surface area contributed by atoms with Crippen molar-refractivity contribution in [3.63, 3.8) is 0 Å². The minimum absolute atomic E-state index is 0.685. The zero-order chi connectivity index (χ0) is 52.3. The Morgan fingerprint density at radius 1 is 0.141 bits per heavy atom. The van der Waals surface area contributed by atoms with Crippen molar-refractivity contribution in [1.82, 2.24) is 0 Å². The van der Waals surface area contributed by atoms with Crippen LogP contribution < -0.4 is 29.2 Å². The van der Waals surface area contributed by atoms with Crippen molar-refractivity contribution in [2.45, 2.75) is 0 Å². The maximum Gasteiger partial charge on any atom is 0.131 e. The van der Waals surface area contributed by atoms with Crippen LogP contribution in [0, 0.1) is 0 Å². The Hall–Kier alpha value is -10.6. The molecule has 374 valence electrons. The van der Waals surface area contributed by atoms with Crippen LogP contribution in [-0.4, -0.2) is 0 Å². The highest BCUT2D eigenvalue weighted by Crippen LogP contribution is 2.47. The number of anilines is 15. The fourth-order valence-corrected chi connectivity index (χ4v) is 10.1. The van der Waals surface area contributed by atoms with Gasteiger partial charge in [0.25, 0.3) is 0 Å². The van der Waals surface area contributed by atoms with E-state index >= 15 is 0 Å². The van der Waals surface area contributed by atoms with Gasteiger partial charge in [0.05, 0.1) is 28.4 Å². The Bertz CT molecular complexity index is 3440. The summed E-state index contributed by atoms with van der Waals surface area (Å²) in [6.07, 6.45) is 0. The number of para-hydroxylation sites is 9. The first-order chi connectivity index (χ1) is 38.7. The molecule has 0 aliphatic heterocycles. The second-order valence-corrected chi connectivity index (χ2v) is 18.7. The SMILES string of the molecule is c1ccc(N(c2ccccc2)c2cc(Oc3ccc(N(c4ccccc4)c4cc(N(c5ccccc5)c5ccccc5)cc(N(c5ccccc5)c5ccccc5)c4)cc3)cc(N(c3ccccc3)c3ccccc3)c2)cc1. The van der Waals surface area contributed by atoms with E-state index in [-0.39, 0.29) is 0 Å². The first-order valence-electron chi connectivity index (χ1n) is 26.2. The number of hydrogen-bond donors (Lipinski definition) is 0. The third-order valence-electron chi connectivity index (χ3n) is 13.5. The third-order valence-corrected chi connectivity index (χ3v) is 13.5. The molecule has 12 rings (SSSR count). The predicted octanol–water partition coefficient (Wildman–Crippen LogP) is 20.8. The van der Waals surface area contributed by atoms with Crippen LogP contribution in [0.5, 0.6) is 11.5 Å². The zero-order valence-electron chi connectivity index (χ0n) is 42.9. The highest BCUT2D eigenvalue weighted by molar-refractivity contribution is 5.90. The van der Waals surface area contributed by atoms with Crippen molar-refractivity contribution in [2.24, 2.45) is 0 Å².